The van der Waals surface area contributed by atoms with E-state index in [0.29, 0.717) is 18.6 Å². The summed E-state index contributed by atoms with van der Waals surface area (Å²) >= 11 is 3.66. The highest BCUT2D eigenvalue weighted by Gasteiger charge is 2.39. The van der Waals surface area contributed by atoms with Crippen molar-refractivity contribution in [3.8, 4) is 5.75 Å². The number of hydrazine groups is 1. The van der Waals surface area contributed by atoms with Crippen LogP contribution in [0.2, 0.25) is 0 Å². The Hall–Kier alpha value is -1.11. The van der Waals surface area contributed by atoms with Gasteiger partial charge in [-0.2, -0.15) is 0 Å². The summed E-state index contributed by atoms with van der Waals surface area (Å²) in [7, 11) is 0. The summed E-state index contributed by atoms with van der Waals surface area (Å²) in [6.07, 6.45) is 5.05. The molecule has 1 aromatic rings. The van der Waals surface area contributed by atoms with Crippen molar-refractivity contribution in [1.29, 1.82) is 0 Å². The fourth-order valence-electron chi connectivity index (χ4n) is 3.54. The van der Waals surface area contributed by atoms with Gasteiger partial charge in [-0.05, 0) is 37.7 Å². The van der Waals surface area contributed by atoms with Crippen LogP contribution in [0, 0.1) is 5.92 Å². The van der Waals surface area contributed by atoms with E-state index in [1.807, 2.05) is 24.3 Å². The standard InChI is InChI=1S/C19H28BrN3O2/c1-12(2)17-16(20)18(23-22-17)19(24)21-11-13-7-3-6-10-15(13)25-14-8-4-5-9-14/h3,6-7,10,12,14,16-18,22-23H,4-5,8-9,11H2,1-2H3,(H,21,24). The molecule has 2 aliphatic rings. The SMILES string of the molecule is CC(C)C1NNC(C(=O)NCc2ccccc2OC2CCCC2)C1Br. The molecule has 0 radical (unpaired) electrons. The molecule has 0 aromatic heterocycles. The Kier molecular flexibility index (Phi) is 6.36. The number of hydrogen-bond donors (Lipinski definition) is 3. The van der Waals surface area contributed by atoms with Gasteiger partial charge in [-0.3, -0.25) is 10.2 Å². The molecule has 138 valence electrons. The van der Waals surface area contributed by atoms with Crippen LogP contribution in [0.15, 0.2) is 24.3 Å². The molecule has 1 heterocycles. The molecule has 25 heavy (non-hydrogen) atoms. The summed E-state index contributed by atoms with van der Waals surface area (Å²) in [6.45, 7) is 4.76. The molecule has 3 rings (SSSR count). The maximum Gasteiger partial charge on any atom is 0.239 e. The van der Waals surface area contributed by atoms with Gasteiger partial charge in [-0.25, -0.2) is 5.43 Å². The third-order valence-electron chi connectivity index (χ3n) is 5.09. The van der Waals surface area contributed by atoms with Gasteiger partial charge in [-0.15, -0.1) is 0 Å². The zero-order valence-electron chi connectivity index (χ0n) is 14.9. The van der Waals surface area contributed by atoms with Gasteiger partial charge in [0.2, 0.25) is 5.91 Å². The van der Waals surface area contributed by atoms with Crippen LogP contribution in [0.5, 0.6) is 5.75 Å². The summed E-state index contributed by atoms with van der Waals surface area (Å²) in [4.78, 5) is 12.6. The van der Waals surface area contributed by atoms with Crippen molar-refractivity contribution in [2.75, 3.05) is 0 Å². The van der Waals surface area contributed by atoms with E-state index in [1.165, 1.54) is 12.8 Å². The van der Waals surface area contributed by atoms with E-state index in [9.17, 15) is 4.79 Å². The molecule has 1 amide bonds. The van der Waals surface area contributed by atoms with Crippen molar-refractivity contribution in [3.05, 3.63) is 29.8 Å². The van der Waals surface area contributed by atoms with Crippen LogP contribution in [0.1, 0.15) is 45.1 Å². The van der Waals surface area contributed by atoms with Gasteiger partial charge in [0.15, 0.2) is 0 Å². The summed E-state index contributed by atoms with van der Waals surface area (Å²) in [6, 6.07) is 7.94. The quantitative estimate of drug-likeness (QED) is 0.632. The van der Waals surface area contributed by atoms with E-state index in [0.717, 1.165) is 24.2 Å². The van der Waals surface area contributed by atoms with E-state index in [1.54, 1.807) is 0 Å². The van der Waals surface area contributed by atoms with E-state index >= 15 is 0 Å². The molecule has 2 fully saturated rings. The highest BCUT2D eigenvalue weighted by atomic mass is 79.9. The van der Waals surface area contributed by atoms with Gasteiger partial charge >= 0.3 is 0 Å². The monoisotopic (exact) mass is 409 g/mol. The Balaban J connectivity index is 1.57. The Bertz CT molecular complexity index is 590. The number of amides is 1. The van der Waals surface area contributed by atoms with Gasteiger partial charge in [0, 0.05) is 18.2 Å². The summed E-state index contributed by atoms with van der Waals surface area (Å²) < 4.78 is 6.15. The lowest BCUT2D eigenvalue weighted by molar-refractivity contribution is -0.122. The molecule has 5 nitrogen and oxygen atoms in total. The van der Waals surface area contributed by atoms with E-state index in [-0.39, 0.29) is 22.8 Å². The average molecular weight is 410 g/mol. The van der Waals surface area contributed by atoms with Gasteiger partial charge in [0.25, 0.3) is 0 Å². The lowest BCUT2D eigenvalue weighted by atomic mass is 9.99. The van der Waals surface area contributed by atoms with E-state index < -0.39 is 0 Å². The molecule has 0 bridgehead atoms. The van der Waals surface area contributed by atoms with Crippen LogP contribution in [0.25, 0.3) is 0 Å². The predicted octanol–water partition coefficient (Wildman–Crippen LogP) is 2.89. The highest BCUT2D eigenvalue weighted by molar-refractivity contribution is 9.09. The first-order chi connectivity index (χ1) is 12.1. The molecule has 1 saturated carbocycles. The zero-order chi connectivity index (χ0) is 17.8. The smallest absolute Gasteiger partial charge is 0.239 e. The van der Waals surface area contributed by atoms with E-state index in [4.69, 9.17) is 4.74 Å². The first kappa shape index (κ1) is 18.7. The summed E-state index contributed by atoms with van der Waals surface area (Å²) in [5.41, 5.74) is 7.35. The number of carbonyl (C=O) groups excluding carboxylic acids is 1. The van der Waals surface area contributed by atoms with Crippen LogP contribution in [-0.2, 0) is 11.3 Å². The third kappa shape index (κ3) is 4.54. The van der Waals surface area contributed by atoms with Crippen LogP contribution >= 0.6 is 15.9 Å². The van der Waals surface area contributed by atoms with Crippen molar-refractivity contribution in [2.45, 2.75) is 69.1 Å². The normalized spacial score (nSPS) is 27.0. The third-order valence-corrected chi connectivity index (χ3v) is 6.19. The molecule has 1 saturated heterocycles. The Morgan fingerprint density at radius 1 is 1.28 bits per heavy atom. The van der Waals surface area contributed by atoms with Crippen LogP contribution < -0.4 is 20.9 Å². The van der Waals surface area contributed by atoms with E-state index in [2.05, 4.69) is 45.9 Å². The number of alkyl halides is 1. The van der Waals surface area contributed by atoms with Gasteiger partial charge < -0.3 is 10.1 Å². The number of nitrogens with one attached hydrogen (secondary N) is 3. The number of benzene rings is 1. The molecule has 1 aliphatic carbocycles. The maximum absolute atomic E-state index is 12.6. The van der Waals surface area contributed by atoms with Crippen LogP contribution in [-0.4, -0.2) is 28.9 Å². The molecule has 1 aliphatic heterocycles. The number of hydrogen-bond acceptors (Lipinski definition) is 4. The highest BCUT2D eigenvalue weighted by Crippen LogP contribution is 2.27. The minimum absolute atomic E-state index is 0.00630. The number of carbonyl (C=O) groups is 1. The van der Waals surface area contributed by atoms with Gasteiger partial charge in [0.1, 0.15) is 11.8 Å². The molecule has 3 atom stereocenters. The number of rotatable bonds is 6. The fraction of sp³-hybridized carbons (Fsp3) is 0.632. The zero-order valence-corrected chi connectivity index (χ0v) is 16.5. The molecule has 1 aromatic carbocycles. The second kappa shape index (κ2) is 8.52. The second-order valence-corrected chi connectivity index (χ2v) is 8.39. The lowest BCUT2D eigenvalue weighted by Gasteiger charge is -2.20. The maximum atomic E-state index is 12.6. The molecule has 3 unspecified atom stereocenters. The molecule has 0 spiro atoms. The molecular weight excluding hydrogens is 382 g/mol. The fourth-order valence-corrected chi connectivity index (χ4v) is 4.65. The van der Waals surface area contributed by atoms with Gasteiger partial charge in [0.05, 0.1) is 10.9 Å². The minimum Gasteiger partial charge on any atom is -0.490 e. The molecule has 6 heteroatoms. The second-order valence-electron chi connectivity index (χ2n) is 7.33. The summed E-state index contributed by atoms with van der Waals surface area (Å²) in [5.74, 6) is 1.33. The number of ether oxygens (including phenoxy) is 1. The van der Waals surface area contributed by atoms with Crippen molar-refractivity contribution in [1.82, 2.24) is 16.2 Å². The topological polar surface area (TPSA) is 62.4 Å². The molecular formula is C19H28BrN3O2. The minimum atomic E-state index is -0.282. The number of halogens is 1. The van der Waals surface area contributed by atoms with Crippen LogP contribution in [0.4, 0.5) is 0 Å². The van der Waals surface area contributed by atoms with Crippen LogP contribution in [0.3, 0.4) is 0 Å². The largest absolute Gasteiger partial charge is 0.490 e. The first-order valence-corrected chi connectivity index (χ1v) is 10.1. The average Bonchev–Trinajstić information content (AvgIpc) is 3.23. The Labute approximate surface area is 158 Å². The molecule has 3 N–H and O–H groups in total. The van der Waals surface area contributed by atoms with Crippen molar-refractivity contribution >= 4 is 21.8 Å². The van der Waals surface area contributed by atoms with Crippen molar-refractivity contribution in [3.63, 3.8) is 0 Å². The Morgan fingerprint density at radius 2 is 2.00 bits per heavy atom. The predicted molar refractivity (Wildman–Crippen MR) is 103 cm³/mol. The Morgan fingerprint density at radius 3 is 2.68 bits per heavy atom. The first-order valence-electron chi connectivity index (χ1n) is 9.23. The lowest BCUT2D eigenvalue weighted by Crippen LogP contribution is -2.45. The van der Waals surface area contributed by atoms with Crippen molar-refractivity contribution in [2.24, 2.45) is 5.92 Å². The summed E-state index contributed by atoms with van der Waals surface area (Å²) in [5, 5.41) is 3.04. The van der Waals surface area contributed by atoms with Crippen molar-refractivity contribution < 1.29 is 9.53 Å². The number of para-hydroxylation sites is 1. The van der Waals surface area contributed by atoms with Gasteiger partial charge in [-0.1, -0.05) is 48.0 Å².